The lowest BCUT2D eigenvalue weighted by Crippen LogP contribution is -2.45. The van der Waals surface area contributed by atoms with E-state index in [0.29, 0.717) is 12.8 Å². The van der Waals surface area contributed by atoms with Gasteiger partial charge >= 0.3 is 0 Å². The number of aliphatic hydroxyl groups is 2. The van der Waals surface area contributed by atoms with Crippen LogP contribution in [0.3, 0.4) is 0 Å². The molecular formula is C59H117NO3. The predicted octanol–water partition coefficient (Wildman–Crippen LogP) is 19.3. The Morgan fingerprint density at radius 1 is 0.365 bits per heavy atom. The smallest absolute Gasteiger partial charge is 0.220 e. The van der Waals surface area contributed by atoms with Crippen LogP contribution in [0.5, 0.6) is 0 Å². The lowest BCUT2D eigenvalue weighted by atomic mass is 10.0. The van der Waals surface area contributed by atoms with Gasteiger partial charge in [0.15, 0.2) is 0 Å². The molecule has 0 heterocycles. The lowest BCUT2D eigenvalue weighted by Gasteiger charge is -2.22. The minimum atomic E-state index is -0.655. The Labute approximate surface area is 397 Å². The summed E-state index contributed by atoms with van der Waals surface area (Å²) in [5, 5.41) is 23.3. The normalized spacial score (nSPS) is 12.8. The summed E-state index contributed by atoms with van der Waals surface area (Å²) in [6, 6.07) is -0.531. The van der Waals surface area contributed by atoms with Crippen LogP contribution in [0.1, 0.15) is 341 Å². The fourth-order valence-electron chi connectivity index (χ4n) is 9.54. The van der Waals surface area contributed by atoms with Gasteiger partial charge in [0.25, 0.3) is 0 Å². The molecule has 0 aromatic rings. The van der Waals surface area contributed by atoms with Crippen molar-refractivity contribution in [3.8, 4) is 0 Å². The Bertz CT molecular complexity index is 875. The quantitative estimate of drug-likeness (QED) is 0.0421. The van der Waals surface area contributed by atoms with Crippen molar-refractivity contribution in [3.05, 3.63) is 12.2 Å². The van der Waals surface area contributed by atoms with Crippen LogP contribution < -0.4 is 5.32 Å². The van der Waals surface area contributed by atoms with E-state index in [-0.39, 0.29) is 12.5 Å². The summed E-state index contributed by atoms with van der Waals surface area (Å²) < 4.78 is 0. The average molecular weight is 889 g/mol. The maximum absolute atomic E-state index is 12.5. The summed E-state index contributed by atoms with van der Waals surface area (Å²) in [6.07, 6.45) is 72.3. The van der Waals surface area contributed by atoms with E-state index >= 15 is 0 Å². The summed E-state index contributed by atoms with van der Waals surface area (Å²) >= 11 is 0. The van der Waals surface area contributed by atoms with Gasteiger partial charge in [0.1, 0.15) is 0 Å². The van der Waals surface area contributed by atoms with Gasteiger partial charge in [-0.1, -0.05) is 309 Å². The van der Waals surface area contributed by atoms with Gasteiger partial charge in [-0.25, -0.2) is 0 Å². The maximum atomic E-state index is 12.5. The standard InChI is InChI=1S/C59H117NO3/c1-3-5-7-9-11-13-15-17-19-20-21-22-23-24-25-26-27-28-29-30-31-32-33-34-35-36-37-38-39-40-41-43-45-47-49-51-53-55-59(63)60-57(56-61)58(62)54-52-50-48-46-44-42-18-16-14-12-10-8-6-4-2/h20-21,57-58,61-62H,3-19,22-56H2,1-2H3,(H,60,63)/b21-20-. The van der Waals surface area contributed by atoms with Crippen LogP contribution in [0.25, 0.3) is 0 Å². The van der Waals surface area contributed by atoms with E-state index in [4.69, 9.17) is 0 Å². The van der Waals surface area contributed by atoms with Crippen molar-refractivity contribution in [2.75, 3.05) is 6.61 Å². The average Bonchev–Trinajstić information content (AvgIpc) is 3.29. The number of amides is 1. The number of carbonyl (C=O) groups excluding carboxylic acids is 1. The molecule has 4 heteroatoms. The van der Waals surface area contributed by atoms with Crippen molar-refractivity contribution in [1.29, 1.82) is 0 Å². The summed E-state index contributed by atoms with van der Waals surface area (Å²) in [6.45, 7) is 4.39. The van der Waals surface area contributed by atoms with Gasteiger partial charge in [-0.15, -0.1) is 0 Å². The molecule has 0 bridgehead atoms. The van der Waals surface area contributed by atoms with Crippen LogP contribution in [-0.2, 0) is 4.79 Å². The molecule has 0 radical (unpaired) electrons. The fourth-order valence-corrected chi connectivity index (χ4v) is 9.54. The van der Waals surface area contributed by atoms with Gasteiger partial charge in [-0.2, -0.15) is 0 Å². The van der Waals surface area contributed by atoms with Crippen LogP contribution in [0.2, 0.25) is 0 Å². The highest BCUT2D eigenvalue weighted by atomic mass is 16.3. The van der Waals surface area contributed by atoms with E-state index in [1.54, 1.807) is 0 Å². The topological polar surface area (TPSA) is 69.6 Å². The zero-order chi connectivity index (χ0) is 45.6. The fraction of sp³-hybridized carbons (Fsp3) is 0.949. The van der Waals surface area contributed by atoms with E-state index in [1.807, 2.05) is 0 Å². The second-order valence-electron chi connectivity index (χ2n) is 20.4. The molecule has 376 valence electrons. The Hall–Kier alpha value is -0.870. The highest BCUT2D eigenvalue weighted by molar-refractivity contribution is 5.76. The van der Waals surface area contributed by atoms with E-state index in [2.05, 4.69) is 31.3 Å². The molecule has 0 aliphatic carbocycles. The molecule has 0 aliphatic rings. The van der Waals surface area contributed by atoms with Crippen LogP contribution in [-0.4, -0.2) is 34.9 Å². The van der Waals surface area contributed by atoms with Crippen LogP contribution in [0.15, 0.2) is 12.2 Å². The molecule has 0 saturated heterocycles. The van der Waals surface area contributed by atoms with E-state index < -0.39 is 12.1 Å². The largest absolute Gasteiger partial charge is 0.394 e. The second kappa shape index (κ2) is 55.5. The first-order chi connectivity index (χ1) is 31.2. The van der Waals surface area contributed by atoms with Crippen molar-refractivity contribution >= 4 is 5.91 Å². The number of hydrogen-bond acceptors (Lipinski definition) is 3. The summed E-state index contributed by atoms with van der Waals surface area (Å²) in [5.41, 5.74) is 0. The van der Waals surface area contributed by atoms with Gasteiger partial charge in [-0.3, -0.25) is 4.79 Å². The number of unbranched alkanes of at least 4 members (excludes halogenated alkanes) is 46. The Balaban J connectivity index is 3.34. The van der Waals surface area contributed by atoms with E-state index in [1.165, 1.54) is 289 Å². The van der Waals surface area contributed by atoms with Crippen molar-refractivity contribution in [2.45, 2.75) is 353 Å². The number of allylic oxidation sites excluding steroid dienone is 2. The number of rotatable bonds is 55. The molecule has 4 nitrogen and oxygen atoms in total. The van der Waals surface area contributed by atoms with Crippen LogP contribution in [0.4, 0.5) is 0 Å². The predicted molar refractivity (Wildman–Crippen MR) is 281 cm³/mol. The van der Waals surface area contributed by atoms with Gasteiger partial charge in [0.2, 0.25) is 5.91 Å². The maximum Gasteiger partial charge on any atom is 0.220 e. The van der Waals surface area contributed by atoms with Gasteiger partial charge < -0.3 is 15.5 Å². The Kier molecular flexibility index (Phi) is 54.7. The number of aliphatic hydroxyl groups excluding tert-OH is 2. The van der Waals surface area contributed by atoms with E-state index in [9.17, 15) is 15.0 Å². The second-order valence-corrected chi connectivity index (χ2v) is 20.4. The molecule has 3 N–H and O–H groups in total. The van der Waals surface area contributed by atoms with Crippen molar-refractivity contribution < 1.29 is 15.0 Å². The zero-order valence-electron chi connectivity index (χ0n) is 43.4. The molecule has 0 aliphatic heterocycles. The first kappa shape index (κ1) is 62.1. The van der Waals surface area contributed by atoms with Crippen molar-refractivity contribution in [1.82, 2.24) is 5.32 Å². The molecule has 1 amide bonds. The molecule has 0 saturated carbocycles. The molecule has 0 aromatic carbocycles. The minimum absolute atomic E-state index is 0.0240. The summed E-state index contributed by atoms with van der Waals surface area (Å²) in [4.78, 5) is 12.5. The molecule has 0 rings (SSSR count). The molecule has 2 atom stereocenters. The number of carbonyl (C=O) groups is 1. The van der Waals surface area contributed by atoms with Crippen LogP contribution >= 0.6 is 0 Å². The third-order valence-electron chi connectivity index (χ3n) is 14.0. The first-order valence-corrected chi connectivity index (χ1v) is 29.4. The van der Waals surface area contributed by atoms with Gasteiger partial charge in [-0.05, 0) is 38.5 Å². The highest BCUT2D eigenvalue weighted by Gasteiger charge is 2.20. The molecule has 63 heavy (non-hydrogen) atoms. The van der Waals surface area contributed by atoms with E-state index in [0.717, 1.165) is 25.7 Å². The Morgan fingerprint density at radius 3 is 0.873 bits per heavy atom. The third kappa shape index (κ3) is 52.0. The van der Waals surface area contributed by atoms with Gasteiger partial charge in [0, 0.05) is 6.42 Å². The Morgan fingerprint density at radius 2 is 0.603 bits per heavy atom. The molecule has 2 unspecified atom stereocenters. The van der Waals surface area contributed by atoms with Crippen molar-refractivity contribution in [3.63, 3.8) is 0 Å². The monoisotopic (exact) mass is 888 g/mol. The molecule has 0 spiro atoms. The molecule has 0 aromatic heterocycles. The lowest BCUT2D eigenvalue weighted by molar-refractivity contribution is -0.123. The highest BCUT2D eigenvalue weighted by Crippen LogP contribution is 2.18. The number of nitrogens with one attached hydrogen (secondary N) is 1. The minimum Gasteiger partial charge on any atom is -0.394 e. The van der Waals surface area contributed by atoms with Crippen molar-refractivity contribution in [2.24, 2.45) is 0 Å². The third-order valence-corrected chi connectivity index (χ3v) is 14.0. The zero-order valence-corrected chi connectivity index (χ0v) is 43.4. The van der Waals surface area contributed by atoms with Gasteiger partial charge in [0.05, 0.1) is 18.8 Å². The van der Waals surface area contributed by atoms with Crippen LogP contribution in [0, 0.1) is 0 Å². The molecular weight excluding hydrogens is 771 g/mol. The summed E-state index contributed by atoms with van der Waals surface area (Å²) in [7, 11) is 0. The SMILES string of the molecule is CCCCCCCCCC/C=C\CCCCCCCCCCCCCCCCCCCCCCCCCCCC(=O)NC(CO)C(O)CCCCCCCCCCCCCCCC. The first-order valence-electron chi connectivity index (χ1n) is 29.4. The number of hydrogen-bond donors (Lipinski definition) is 3. The summed E-state index contributed by atoms with van der Waals surface area (Å²) in [5.74, 6) is -0.0240. The molecule has 0 fully saturated rings.